The molecule has 0 spiro atoms. The van der Waals surface area contributed by atoms with Gasteiger partial charge in [0.25, 0.3) is 0 Å². The Morgan fingerprint density at radius 3 is 1.32 bits per heavy atom. The van der Waals surface area contributed by atoms with Crippen LogP contribution >= 0.6 is 38.4 Å². The van der Waals surface area contributed by atoms with Crippen LogP contribution in [0.25, 0.3) is 0 Å². The first-order valence-corrected chi connectivity index (χ1v) is 19.7. The molecule has 0 radical (unpaired) electrons. The molecule has 0 saturated carbocycles. The van der Waals surface area contributed by atoms with Crippen molar-refractivity contribution in [3.05, 3.63) is 71.8 Å². The van der Waals surface area contributed by atoms with E-state index in [9.17, 15) is 0 Å². The summed E-state index contributed by atoms with van der Waals surface area (Å²) in [5.41, 5.74) is 2.55. The first-order chi connectivity index (χ1) is 11.6. The molecule has 0 atom stereocenters. The Balaban J connectivity index is 1.93. The minimum atomic E-state index is -2.80. The van der Waals surface area contributed by atoms with Crippen LogP contribution in [0.4, 0.5) is 0 Å². The zero-order valence-electron chi connectivity index (χ0n) is 15.3. The summed E-state index contributed by atoms with van der Waals surface area (Å²) in [7, 11) is -2.80. The maximum atomic E-state index is 6.32. The van der Waals surface area contributed by atoms with Crippen molar-refractivity contribution in [3.63, 3.8) is 0 Å². The van der Waals surface area contributed by atoms with Crippen molar-refractivity contribution in [1.82, 2.24) is 0 Å². The van der Waals surface area contributed by atoms with Gasteiger partial charge in [-0.15, -0.1) is 0 Å². The monoisotopic (exact) mass is 600 g/mol. The van der Waals surface area contributed by atoms with E-state index in [2.05, 4.69) is 115 Å². The molecule has 2 nitrogen and oxygen atoms in total. The van der Waals surface area contributed by atoms with Crippen molar-refractivity contribution in [2.45, 2.75) is 38.5 Å². The van der Waals surface area contributed by atoms with Crippen molar-refractivity contribution < 1.29 is 16.5 Å². The normalized spacial score (nSPS) is 13.0. The molecule has 0 aliphatic heterocycles. The summed E-state index contributed by atoms with van der Waals surface area (Å²) in [5, 5.41) is 0. The van der Waals surface area contributed by atoms with Gasteiger partial charge in [-0.2, -0.15) is 0 Å². The molecule has 2 rings (SSSR count). The van der Waals surface area contributed by atoms with Crippen molar-refractivity contribution in [2.75, 3.05) is 13.2 Å². The molecule has 2 aromatic carbocycles. The van der Waals surface area contributed by atoms with Gasteiger partial charge >= 0.3 is 178 Å². The van der Waals surface area contributed by atoms with Crippen LogP contribution in [0.15, 0.2) is 60.7 Å². The third-order valence-corrected chi connectivity index (χ3v) is 10.9. The number of halogens is 2. The molecule has 0 N–H and O–H groups in total. The molecule has 5 heteroatoms. The number of benzene rings is 2. The summed E-state index contributed by atoms with van der Waals surface area (Å²) < 4.78 is 12.6. The van der Waals surface area contributed by atoms with Crippen LogP contribution in [0.3, 0.4) is 0 Å². The molecule has 0 amide bonds. The van der Waals surface area contributed by atoms with Gasteiger partial charge in [-0.3, -0.25) is 0 Å². The van der Waals surface area contributed by atoms with Gasteiger partial charge in [-0.1, -0.05) is 0 Å². The quantitative estimate of drug-likeness (QED) is 0.250. The molecule has 0 unspecified atom stereocenters. The Kier molecular flexibility index (Phi) is 7.99. The van der Waals surface area contributed by atoms with E-state index in [1.165, 1.54) is 11.1 Å². The molecule has 0 bridgehead atoms. The standard InChI is InChI=1S/2C10H13O.2HI.Ti/c2*1-10(2,8-11)9-6-4-3-5-7-9;;;/h2*3-7H,8H2,1-2H3;2*1H;/q2*-1;;;+4/p-2. The average molecular weight is 600 g/mol. The first-order valence-electron chi connectivity index (χ1n) is 8.39. The Labute approximate surface area is 176 Å². The molecular formula is C20H26I2O2Ti. The van der Waals surface area contributed by atoms with E-state index in [-0.39, 0.29) is 10.8 Å². The van der Waals surface area contributed by atoms with Crippen LogP contribution in [0.2, 0.25) is 0 Å². The summed E-state index contributed by atoms with van der Waals surface area (Å²) in [6, 6.07) is 21.1. The van der Waals surface area contributed by atoms with Crippen LogP contribution in [0.5, 0.6) is 0 Å². The second-order valence-corrected chi connectivity index (χ2v) is 30.1. The molecule has 0 saturated heterocycles. The Bertz CT molecular complexity index is 600. The Morgan fingerprint density at radius 2 is 1.00 bits per heavy atom. The van der Waals surface area contributed by atoms with Gasteiger partial charge in [0, 0.05) is 0 Å². The zero-order valence-corrected chi connectivity index (χ0v) is 21.1. The fourth-order valence-electron chi connectivity index (χ4n) is 2.52. The predicted molar refractivity (Wildman–Crippen MR) is 119 cm³/mol. The molecular weight excluding hydrogens is 574 g/mol. The van der Waals surface area contributed by atoms with E-state index >= 15 is 0 Å². The second-order valence-electron chi connectivity index (χ2n) is 7.54. The summed E-state index contributed by atoms with van der Waals surface area (Å²) in [6.07, 6.45) is 0. The van der Waals surface area contributed by atoms with E-state index in [0.29, 0.717) is 13.2 Å². The fourth-order valence-corrected chi connectivity index (χ4v) is 6.87. The third kappa shape index (κ3) is 6.89. The van der Waals surface area contributed by atoms with E-state index < -0.39 is 9.87 Å². The SMILES string of the molecule is CC(C)(C[O][Ti]([I])([I])[O]CC(C)(C)c1ccccc1)c1ccccc1. The van der Waals surface area contributed by atoms with Crippen LogP contribution < -0.4 is 0 Å². The van der Waals surface area contributed by atoms with Gasteiger partial charge < -0.3 is 0 Å². The van der Waals surface area contributed by atoms with E-state index in [0.717, 1.165) is 0 Å². The molecule has 0 aliphatic rings. The third-order valence-electron chi connectivity index (χ3n) is 4.31. The average Bonchev–Trinajstić information content (AvgIpc) is 2.60. The Morgan fingerprint density at radius 1 is 0.680 bits per heavy atom. The van der Waals surface area contributed by atoms with Crippen LogP contribution in [-0.4, -0.2) is 13.2 Å². The van der Waals surface area contributed by atoms with Gasteiger partial charge in [-0.05, 0) is 0 Å². The minimum absolute atomic E-state index is 0.0214. The van der Waals surface area contributed by atoms with E-state index in [1.54, 1.807) is 0 Å². The molecule has 136 valence electrons. The van der Waals surface area contributed by atoms with Crippen LogP contribution in [-0.2, 0) is 27.3 Å². The van der Waals surface area contributed by atoms with Crippen LogP contribution in [0.1, 0.15) is 38.8 Å². The Hall–Kier alpha value is 0.534. The summed E-state index contributed by atoms with van der Waals surface area (Å²) in [4.78, 5) is 0. The number of hydrogen-bond donors (Lipinski definition) is 0. The van der Waals surface area contributed by atoms with E-state index in [4.69, 9.17) is 6.64 Å². The summed E-state index contributed by atoms with van der Waals surface area (Å²) >= 11 is 4.85. The molecule has 25 heavy (non-hydrogen) atoms. The first kappa shape index (κ1) is 21.8. The van der Waals surface area contributed by atoms with Crippen molar-refractivity contribution in [3.8, 4) is 0 Å². The maximum absolute atomic E-state index is 6.32. The number of hydrogen-bond acceptors (Lipinski definition) is 2. The summed E-state index contributed by atoms with van der Waals surface area (Å²) in [6.45, 7) is 10.2. The molecule has 0 aromatic heterocycles. The van der Waals surface area contributed by atoms with E-state index in [1.807, 2.05) is 12.1 Å². The van der Waals surface area contributed by atoms with Gasteiger partial charge in [-0.25, -0.2) is 0 Å². The number of rotatable bonds is 8. The van der Waals surface area contributed by atoms with Gasteiger partial charge in [0.1, 0.15) is 0 Å². The zero-order chi connectivity index (χ0) is 18.6. The predicted octanol–water partition coefficient (Wildman–Crippen LogP) is 6.66. The van der Waals surface area contributed by atoms with Gasteiger partial charge in [0.05, 0.1) is 0 Å². The molecule has 0 fully saturated rings. The molecule has 2 aromatic rings. The summed E-state index contributed by atoms with van der Waals surface area (Å²) in [5.74, 6) is 0. The van der Waals surface area contributed by atoms with Crippen molar-refractivity contribution in [2.24, 2.45) is 0 Å². The van der Waals surface area contributed by atoms with Crippen LogP contribution in [0, 0.1) is 0 Å². The topological polar surface area (TPSA) is 18.5 Å². The molecule has 0 aliphatic carbocycles. The fraction of sp³-hybridized carbons (Fsp3) is 0.400. The molecule has 0 heterocycles. The second kappa shape index (κ2) is 9.15. The van der Waals surface area contributed by atoms with Gasteiger partial charge in [0.15, 0.2) is 0 Å². The van der Waals surface area contributed by atoms with Gasteiger partial charge in [0.2, 0.25) is 0 Å². The van der Waals surface area contributed by atoms with Crippen molar-refractivity contribution >= 4 is 38.4 Å². The van der Waals surface area contributed by atoms with Crippen molar-refractivity contribution in [1.29, 1.82) is 0 Å².